The lowest BCUT2D eigenvalue weighted by Gasteiger charge is -2.36. The van der Waals surface area contributed by atoms with Crippen LogP contribution in [0.1, 0.15) is 26.5 Å². The van der Waals surface area contributed by atoms with Gasteiger partial charge in [0.1, 0.15) is 22.5 Å². The van der Waals surface area contributed by atoms with Gasteiger partial charge in [-0.2, -0.15) is 0 Å². The van der Waals surface area contributed by atoms with Gasteiger partial charge in [0.15, 0.2) is 11.4 Å². The molecule has 1 amide bonds. The molecule has 0 atom stereocenters. The Morgan fingerprint density at radius 1 is 1.03 bits per heavy atom. The van der Waals surface area contributed by atoms with E-state index in [1.807, 2.05) is 0 Å². The molecule has 3 aromatic heterocycles. The van der Waals surface area contributed by atoms with E-state index in [9.17, 15) is 22.8 Å². The highest BCUT2D eigenvalue weighted by Crippen LogP contribution is 2.26. The van der Waals surface area contributed by atoms with Gasteiger partial charge in [0.05, 0.1) is 6.54 Å². The molecule has 36 heavy (non-hydrogen) atoms. The number of amides is 1. The van der Waals surface area contributed by atoms with Crippen molar-refractivity contribution in [1.29, 1.82) is 0 Å². The van der Waals surface area contributed by atoms with Crippen molar-refractivity contribution in [2.45, 2.75) is 39.3 Å². The average molecular weight is 506 g/mol. The van der Waals surface area contributed by atoms with Crippen molar-refractivity contribution in [1.82, 2.24) is 24.4 Å². The molecular weight excluding hydrogens is 481 g/mol. The third-order valence-electron chi connectivity index (χ3n) is 5.35. The summed E-state index contributed by atoms with van der Waals surface area (Å²) in [5.74, 6) is -0.509. The van der Waals surface area contributed by atoms with Crippen molar-refractivity contribution in [3.05, 3.63) is 52.8 Å². The van der Waals surface area contributed by atoms with Gasteiger partial charge in [0, 0.05) is 44.8 Å². The monoisotopic (exact) mass is 506 g/mol. The third-order valence-corrected chi connectivity index (χ3v) is 5.35. The predicted octanol–water partition coefficient (Wildman–Crippen LogP) is 3.19. The first-order chi connectivity index (χ1) is 16.9. The van der Waals surface area contributed by atoms with Crippen molar-refractivity contribution in [3.63, 3.8) is 0 Å². The Morgan fingerprint density at radius 2 is 1.72 bits per heavy atom. The standard InChI is InChI=1S/C23H25F3N6O4/c1-22(2,3)36-21(34)31-11-9-30(10-12-31)17-13-15-19(29-8-7-28-15)32(20(17)33)14-16-18(5-4-6-27-16)35-23(24,25)26/h4-8,13H,9-12,14H2,1-3H3. The van der Waals surface area contributed by atoms with Crippen molar-refractivity contribution < 1.29 is 27.4 Å². The molecule has 4 heterocycles. The van der Waals surface area contributed by atoms with Crippen LogP contribution >= 0.6 is 0 Å². The molecule has 10 nitrogen and oxygen atoms in total. The van der Waals surface area contributed by atoms with Gasteiger partial charge in [-0.3, -0.25) is 19.3 Å². The summed E-state index contributed by atoms with van der Waals surface area (Å²) in [6.07, 6.45) is -1.18. The van der Waals surface area contributed by atoms with Crippen LogP contribution in [0, 0.1) is 0 Å². The van der Waals surface area contributed by atoms with Crippen LogP contribution in [0.15, 0.2) is 41.6 Å². The lowest BCUT2D eigenvalue weighted by molar-refractivity contribution is -0.275. The van der Waals surface area contributed by atoms with Crippen molar-refractivity contribution in [2.75, 3.05) is 31.1 Å². The van der Waals surface area contributed by atoms with E-state index in [2.05, 4.69) is 19.7 Å². The minimum absolute atomic E-state index is 0.0872. The van der Waals surface area contributed by atoms with E-state index < -0.39 is 29.4 Å². The normalized spacial score (nSPS) is 14.7. The predicted molar refractivity (Wildman–Crippen MR) is 124 cm³/mol. The largest absolute Gasteiger partial charge is 0.573 e. The van der Waals surface area contributed by atoms with E-state index in [1.54, 1.807) is 36.6 Å². The number of halogens is 3. The average Bonchev–Trinajstić information content (AvgIpc) is 2.80. The second-order valence-corrected chi connectivity index (χ2v) is 9.14. The molecule has 13 heteroatoms. The molecular formula is C23H25F3N6O4. The SMILES string of the molecule is CC(C)(C)OC(=O)N1CCN(c2cc3nccnc3n(Cc3ncccc3OC(F)(F)F)c2=O)CC1. The Kier molecular flexibility index (Phi) is 6.74. The number of carbonyl (C=O) groups is 1. The molecule has 0 aromatic carbocycles. The van der Waals surface area contributed by atoms with Crippen LogP contribution in [0.2, 0.25) is 0 Å². The number of piperazine rings is 1. The molecule has 3 aromatic rings. The van der Waals surface area contributed by atoms with Gasteiger partial charge < -0.3 is 19.3 Å². The fraction of sp³-hybridized carbons (Fsp3) is 0.435. The number of fused-ring (bicyclic) bond motifs is 1. The van der Waals surface area contributed by atoms with Crippen LogP contribution in [-0.4, -0.2) is 68.7 Å². The summed E-state index contributed by atoms with van der Waals surface area (Å²) in [5, 5.41) is 0. The Bertz CT molecular complexity index is 1310. The minimum Gasteiger partial charge on any atom is -0.444 e. The summed E-state index contributed by atoms with van der Waals surface area (Å²) in [6.45, 7) is 6.41. The number of ether oxygens (including phenoxy) is 2. The number of rotatable bonds is 4. The molecule has 192 valence electrons. The number of hydrogen-bond acceptors (Lipinski definition) is 8. The molecule has 0 spiro atoms. The summed E-state index contributed by atoms with van der Waals surface area (Å²) >= 11 is 0. The van der Waals surface area contributed by atoms with Crippen LogP contribution in [-0.2, 0) is 11.3 Å². The molecule has 1 aliphatic heterocycles. The molecule has 0 unspecified atom stereocenters. The molecule has 1 fully saturated rings. The van der Waals surface area contributed by atoms with Gasteiger partial charge in [0.2, 0.25) is 0 Å². The molecule has 0 bridgehead atoms. The van der Waals surface area contributed by atoms with Crippen LogP contribution in [0.4, 0.5) is 23.7 Å². The highest BCUT2D eigenvalue weighted by Gasteiger charge is 2.33. The quantitative estimate of drug-likeness (QED) is 0.532. The Hall–Kier alpha value is -3.90. The van der Waals surface area contributed by atoms with E-state index in [0.717, 1.165) is 6.07 Å². The lowest BCUT2D eigenvalue weighted by Crippen LogP contribution is -2.51. The van der Waals surface area contributed by atoms with Gasteiger partial charge >= 0.3 is 12.5 Å². The fourth-order valence-electron chi connectivity index (χ4n) is 3.82. The van der Waals surface area contributed by atoms with E-state index in [1.165, 1.54) is 29.2 Å². The zero-order valence-corrected chi connectivity index (χ0v) is 19.9. The third kappa shape index (κ3) is 5.83. The van der Waals surface area contributed by atoms with Crippen LogP contribution in [0.25, 0.3) is 11.2 Å². The molecule has 4 rings (SSSR count). The van der Waals surface area contributed by atoms with Crippen molar-refractivity contribution in [3.8, 4) is 5.75 Å². The van der Waals surface area contributed by atoms with Gasteiger partial charge in [-0.15, -0.1) is 13.2 Å². The van der Waals surface area contributed by atoms with Gasteiger partial charge in [-0.1, -0.05) is 0 Å². The van der Waals surface area contributed by atoms with Gasteiger partial charge in [-0.05, 0) is 39.0 Å². The smallest absolute Gasteiger partial charge is 0.444 e. The van der Waals surface area contributed by atoms with Crippen LogP contribution in [0.3, 0.4) is 0 Å². The molecule has 0 radical (unpaired) electrons. The lowest BCUT2D eigenvalue weighted by atomic mass is 10.2. The van der Waals surface area contributed by atoms with Gasteiger partial charge in [-0.25, -0.2) is 9.78 Å². The summed E-state index contributed by atoms with van der Waals surface area (Å²) in [5.41, 5.74) is -0.314. The number of pyridine rings is 2. The summed E-state index contributed by atoms with van der Waals surface area (Å²) in [4.78, 5) is 41.8. The van der Waals surface area contributed by atoms with Crippen molar-refractivity contribution >= 4 is 22.9 Å². The molecule has 1 aliphatic rings. The summed E-state index contributed by atoms with van der Waals surface area (Å²) in [7, 11) is 0. The number of hydrogen-bond donors (Lipinski definition) is 0. The van der Waals surface area contributed by atoms with Crippen LogP contribution in [0.5, 0.6) is 5.75 Å². The first-order valence-corrected chi connectivity index (χ1v) is 11.2. The molecule has 0 N–H and O–H groups in total. The topological polar surface area (TPSA) is 103 Å². The zero-order chi connectivity index (χ0) is 26.1. The number of carbonyl (C=O) groups excluding carboxylic acids is 1. The number of aromatic nitrogens is 4. The maximum Gasteiger partial charge on any atom is 0.573 e. The zero-order valence-electron chi connectivity index (χ0n) is 19.9. The minimum atomic E-state index is -4.92. The van der Waals surface area contributed by atoms with E-state index in [0.29, 0.717) is 37.4 Å². The van der Waals surface area contributed by atoms with E-state index >= 15 is 0 Å². The first-order valence-electron chi connectivity index (χ1n) is 11.2. The Labute approximate surface area is 204 Å². The maximum absolute atomic E-state index is 13.5. The molecule has 0 aliphatic carbocycles. The molecule has 0 saturated carbocycles. The summed E-state index contributed by atoms with van der Waals surface area (Å²) in [6, 6.07) is 4.04. The van der Waals surface area contributed by atoms with Crippen molar-refractivity contribution in [2.24, 2.45) is 0 Å². The van der Waals surface area contributed by atoms with E-state index in [4.69, 9.17) is 4.74 Å². The Balaban J connectivity index is 1.65. The number of alkyl halides is 3. The summed E-state index contributed by atoms with van der Waals surface area (Å²) < 4.78 is 49.4. The maximum atomic E-state index is 13.5. The second kappa shape index (κ2) is 9.63. The second-order valence-electron chi connectivity index (χ2n) is 9.14. The van der Waals surface area contributed by atoms with Crippen LogP contribution < -0.4 is 15.2 Å². The fourth-order valence-corrected chi connectivity index (χ4v) is 3.82. The molecule has 1 saturated heterocycles. The highest BCUT2D eigenvalue weighted by atomic mass is 19.4. The van der Waals surface area contributed by atoms with E-state index in [-0.39, 0.29) is 17.9 Å². The number of anilines is 1. The first kappa shape index (κ1) is 25.2. The number of nitrogens with zero attached hydrogens (tertiary/aromatic N) is 6. The Morgan fingerprint density at radius 3 is 2.39 bits per heavy atom. The highest BCUT2D eigenvalue weighted by molar-refractivity contribution is 5.75. The van der Waals surface area contributed by atoms with Gasteiger partial charge in [0.25, 0.3) is 5.56 Å².